The maximum Gasteiger partial charge on any atom is 0.137 e. The minimum Gasteiger partial charge on any atom is -0.457 e. The van der Waals surface area contributed by atoms with E-state index in [1.807, 2.05) is 0 Å². The third-order valence-electron chi connectivity index (χ3n) is 17.3. The van der Waals surface area contributed by atoms with Crippen LogP contribution in [0.25, 0.3) is 105 Å². The summed E-state index contributed by atoms with van der Waals surface area (Å²) in [4.78, 5) is 10.4. The Morgan fingerprint density at radius 3 is 1.43 bits per heavy atom. The minimum atomic E-state index is -0.0186. The SMILES string of the molecule is Cc1cc(-n2c3ccccc3c3ccc(Oc4cccc(N5CN(c6cc(C(C)(C)C)ccc6-c6ccccc6)c6ccccc65)c4)cc32)ncc1-c1c(-n2c3ccccc3c3ccccc32)cccc1-n1c2ccccc2c2ccccc21. The van der Waals surface area contributed by atoms with Crippen LogP contribution in [0.15, 0.2) is 267 Å². The van der Waals surface area contributed by atoms with Gasteiger partial charge in [-0.2, -0.15) is 0 Å². The fraction of sp³-hybridized carbons (Fsp3) is 0.0779. The van der Waals surface area contributed by atoms with Crippen molar-refractivity contribution >= 4 is 88.2 Å². The van der Waals surface area contributed by atoms with Gasteiger partial charge in [0.2, 0.25) is 0 Å². The summed E-state index contributed by atoms with van der Waals surface area (Å²) < 4.78 is 14.1. The summed E-state index contributed by atoms with van der Waals surface area (Å²) >= 11 is 0. The van der Waals surface area contributed by atoms with Crippen LogP contribution < -0.4 is 14.5 Å². The van der Waals surface area contributed by atoms with Crippen molar-refractivity contribution in [3.8, 4) is 50.9 Å². The lowest BCUT2D eigenvalue weighted by atomic mass is 9.85. The van der Waals surface area contributed by atoms with Crippen molar-refractivity contribution in [2.24, 2.45) is 0 Å². The van der Waals surface area contributed by atoms with Crippen molar-refractivity contribution in [3.05, 3.63) is 278 Å². The van der Waals surface area contributed by atoms with Gasteiger partial charge in [-0.25, -0.2) is 4.98 Å². The van der Waals surface area contributed by atoms with Gasteiger partial charge in [0.15, 0.2) is 0 Å². The van der Waals surface area contributed by atoms with Crippen LogP contribution in [0.4, 0.5) is 22.7 Å². The van der Waals surface area contributed by atoms with Crippen LogP contribution in [0.1, 0.15) is 31.9 Å². The van der Waals surface area contributed by atoms with Gasteiger partial charge < -0.3 is 23.7 Å². The number of fused-ring (bicyclic) bond motifs is 10. The molecule has 4 aromatic heterocycles. The summed E-state index contributed by atoms with van der Waals surface area (Å²) in [7, 11) is 0. The molecule has 16 rings (SSSR count). The zero-order valence-corrected chi connectivity index (χ0v) is 47.2. The van der Waals surface area contributed by atoms with E-state index in [9.17, 15) is 0 Å². The lowest BCUT2D eigenvalue weighted by molar-refractivity contribution is 0.483. The first-order chi connectivity index (χ1) is 41.2. The number of nitrogens with zero attached hydrogens (tertiary/aromatic N) is 6. The minimum absolute atomic E-state index is 0.0186. The van der Waals surface area contributed by atoms with E-state index in [-0.39, 0.29) is 5.41 Å². The molecule has 0 spiro atoms. The highest BCUT2D eigenvalue weighted by atomic mass is 16.5. The molecule has 5 heterocycles. The smallest absolute Gasteiger partial charge is 0.137 e. The fourth-order valence-corrected chi connectivity index (χ4v) is 13.3. The van der Waals surface area contributed by atoms with Crippen LogP contribution in [-0.4, -0.2) is 25.4 Å². The number of rotatable bonds is 9. The number of benzene rings is 11. The highest BCUT2D eigenvalue weighted by Crippen LogP contribution is 2.49. The molecule has 0 atom stereocenters. The Morgan fingerprint density at radius 1 is 0.369 bits per heavy atom. The van der Waals surface area contributed by atoms with Gasteiger partial charge in [0.05, 0.1) is 61.5 Å². The molecule has 0 bridgehead atoms. The van der Waals surface area contributed by atoms with E-state index in [4.69, 9.17) is 9.72 Å². The molecule has 0 saturated heterocycles. The molecular weight excluding hydrogens is 1020 g/mol. The van der Waals surface area contributed by atoms with E-state index in [1.165, 1.54) is 43.9 Å². The number of pyridine rings is 1. The Bertz CT molecular complexity index is 4880. The first-order valence-corrected chi connectivity index (χ1v) is 29.0. The Hall–Kier alpha value is -10.6. The van der Waals surface area contributed by atoms with Crippen LogP contribution in [0.5, 0.6) is 11.5 Å². The molecule has 7 nitrogen and oxygen atoms in total. The van der Waals surface area contributed by atoms with Gasteiger partial charge in [0, 0.05) is 73.0 Å². The van der Waals surface area contributed by atoms with Crippen molar-refractivity contribution < 1.29 is 4.74 Å². The lowest BCUT2D eigenvalue weighted by Crippen LogP contribution is -2.25. The van der Waals surface area contributed by atoms with Crippen molar-refractivity contribution in [1.29, 1.82) is 0 Å². The average molecular weight is 1080 g/mol. The van der Waals surface area contributed by atoms with Crippen LogP contribution in [-0.2, 0) is 5.41 Å². The van der Waals surface area contributed by atoms with E-state index in [2.05, 4.69) is 318 Å². The summed E-state index contributed by atoms with van der Waals surface area (Å²) in [6.07, 6.45) is 2.10. The Kier molecular flexibility index (Phi) is 11.3. The number of para-hydroxylation sites is 7. The van der Waals surface area contributed by atoms with E-state index in [1.54, 1.807) is 0 Å². The molecule has 402 valence electrons. The number of anilines is 4. The Labute approximate surface area is 487 Å². The maximum absolute atomic E-state index is 6.94. The maximum atomic E-state index is 6.94. The van der Waals surface area contributed by atoms with E-state index >= 15 is 0 Å². The molecule has 0 radical (unpaired) electrons. The van der Waals surface area contributed by atoms with Gasteiger partial charge in [0.25, 0.3) is 0 Å². The molecule has 1 aliphatic rings. The number of aryl methyl sites for hydroxylation is 1. The average Bonchev–Trinajstić information content (AvgIpc) is 2.15. The molecular formula is C77H58N6O. The summed E-state index contributed by atoms with van der Waals surface area (Å²) in [6.45, 7) is 9.73. The predicted molar refractivity (Wildman–Crippen MR) is 350 cm³/mol. The van der Waals surface area contributed by atoms with Crippen LogP contribution in [0.3, 0.4) is 0 Å². The molecule has 0 aliphatic carbocycles. The molecule has 1 aliphatic heterocycles. The second-order valence-corrected chi connectivity index (χ2v) is 23.2. The highest BCUT2D eigenvalue weighted by molar-refractivity contribution is 6.13. The Balaban J connectivity index is 0.802. The van der Waals surface area contributed by atoms with Gasteiger partial charge in [-0.3, -0.25) is 4.57 Å². The molecule has 7 heteroatoms. The van der Waals surface area contributed by atoms with Gasteiger partial charge in [0.1, 0.15) is 24.0 Å². The molecule has 11 aromatic carbocycles. The molecule has 0 unspecified atom stereocenters. The van der Waals surface area contributed by atoms with Crippen LogP contribution in [0, 0.1) is 6.92 Å². The van der Waals surface area contributed by atoms with Gasteiger partial charge in [-0.15, -0.1) is 0 Å². The monoisotopic (exact) mass is 1080 g/mol. The van der Waals surface area contributed by atoms with Crippen molar-refractivity contribution in [3.63, 3.8) is 0 Å². The highest BCUT2D eigenvalue weighted by Gasteiger charge is 2.31. The van der Waals surface area contributed by atoms with Crippen molar-refractivity contribution in [1.82, 2.24) is 18.7 Å². The largest absolute Gasteiger partial charge is 0.457 e. The summed E-state index contributed by atoms with van der Waals surface area (Å²) in [6, 6.07) is 94.1. The van der Waals surface area contributed by atoms with E-state index < -0.39 is 0 Å². The van der Waals surface area contributed by atoms with Crippen molar-refractivity contribution in [2.45, 2.75) is 33.1 Å². The third kappa shape index (κ3) is 7.84. The summed E-state index contributed by atoms with van der Waals surface area (Å²) in [5.41, 5.74) is 20.3. The van der Waals surface area contributed by atoms with Crippen LogP contribution >= 0.6 is 0 Å². The van der Waals surface area contributed by atoms with Gasteiger partial charge >= 0.3 is 0 Å². The molecule has 15 aromatic rings. The van der Waals surface area contributed by atoms with Gasteiger partial charge in [-0.1, -0.05) is 178 Å². The summed E-state index contributed by atoms with van der Waals surface area (Å²) in [5, 5.41) is 7.14. The number of hydrogen-bond donors (Lipinski definition) is 0. The first kappa shape index (κ1) is 49.2. The number of ether oxygens (including phenoxy) is 1. The number of hydrogen-bond acceptors (Lipinski definition) is 4. The Morgan fingerprint density at radius 2 is 0.857 bits per heavy atom. The third-order valence-corrected chi connectivity index (χ3v) is 17.3. The van der Waals surface area contributed by atoms with E-state index in [0.29, 0.717) is 6.67 Å². The standard InChI is InChI=1S/C77H58N6O/c1-50-44-75(78-48-63(50)76-71(81-64-31-13-8-26-57(64)58-27-9-14-32-65(58)81)38-21-39-72(76)82-66-33-15-10-28-59(66)60-29-11-16-34-67(60)82)83-68-35-17-12-30-61(68)62-43-41-55(47-74(62)83)84-54-25-20-24-53(46-54)79-49-80(70-37-19-18-36-69(70)79)73-45-52(77(2,3)4)40-42-56(73)51-22-6-5-7-23-51/h5-48H,49H2,1-4H3. The quantitative estimate of drug-likeness (QED) is 0.144. The molecule has 0 saturated carbocycles. The zero-order valence-electron chi connectivity index (χ0n) is 47.2. The van der Waals surface area contributed by atoms with Gasteiger partial charge in [-0.05, 0) is 120 Å². The topological polar surface area (TPSA) is 43.4 Å². The second-order valence-electron chi connectivity index (χ2n) is 23.2. The molecule has 0 amide bonds. The molecule has 0 N–H and O–H groups in total. The van der Waals surface area contributed by atoms with Crippen molar-refractivity contribution in [2.75, 3.05) is 16.5 Å². The second kappa shape index (κ2) is 19.3. The fourth-order valence-electron chi connectivity index (χ4n) is 13.3. The number of aromatic nitrogens is 4. The predicted octanol–water partition coefficient (Wildman–Crippen LogP) is 20.4. The summed E-state index contributed by atoms with van der Waals surface area (Å²) in [5.74, 6) is 2.32. The zero-order chi connectivity index (χ0) is 56.2. The normalized spacial score (nSPS) is 12.7. The lowest BCUT2D eigenvalue weighted by Gasteiger charge is -2.27. The molecule has 84 heavy (non-hydrogen) atoms. The molecule has 0 fully saturated rings. The van der Waals surface area contributed by atoms with Crippen LogP contribution in [0.2, 0.25) is 0 Å². The van der Waals surface area contributed by atoms with E-state index in [0.717, 1.165) is 106 Å². The first-order valence-electron chi connectivity index (χ1n) is 29.0.